The van der Waals surface area contributed by atoms with Gasteiger partial charge in [0.2, 0.25) is 0 Å². The van der Waals surface area contributed by atoms with Gasteiger partial charge in [0.05, 0.1) is 18.2 Å². The summed E-state index contributed by atoms with van der Waals surface area (Å²) in [6, 6.07) is 16.7. The Hall–Kier alpha value is -3.68. The molecule has 4 rings (SSSR count). The number of alkyl halides is 3. The number of rotatable bonds is 6. The van der Waals surface area contributed by atoms with E-state index >= 15 is 0 Å². The van der Waals surface area contributed by atoms with Crippen molar-refractivity contribution < 1.29 is 27.5 Å². The van der Waals surface area contributed by atoms with E-state index in [-0.39, 0.29) is 5.82 Å². The predicted octanol–water partition coefficient (Wildman–Crippen LogP) is 7.31. The van der Waals surface area contributed by atoms with Crippen molar-refractivity contribution in [2.45, 2.75) is 52.8 Å². The summed E-state index contributed by atoms with van der Waals surface area (Å²) in [4.78, 5) is 11.4. The number of carboxylic acids is 1. The Morgan fingerprint density at radius 1 is 1.03 bits per heavy atom. The second-order valence-electron chi connectivity index (χ2n) is 10.1. The summed E-state index contributed by atoms with van der Waals surface area (Å²) in [6.07, 6.45) is -4.57. The standard InChI is InChI=1S/C29H28F4N2O2/c1-17-5-12-24(30)23(13-17)21-9-8-20(18(2)14-21)15-19-6-10-22(11-7-19)35-25(16-26(36)37)28(3,4)27(34-35)29(31,32)33/h5-14,25H,15-16H2,1-4H3,(H,36,37). The number of carboxylic acid groups (broad SMARTS) is 1. The van der Waals surface area contributed by atoms with Gasteiger partial charge in [-0.05, 0) is 66.8 Å². The van der Waals surface area contributed by atoms with Crippen LogP contribution in [0.3, 0.4) is 0 Å². The van der Waals surface area contributed by atoms with Gasteiger partial charge in [-0.3, -0.25) is 9.80 Å². The lowest BCUT2D eigenvalue weighted by atomic mass is 9.78. The molecular formula is C29H28F4N2O2. The Morgan fingerprint density at radius 2 is 1.70 bits per heavy atom. The molecule has 0 radical (unpaired) electrons. The highest BCUT2D eigenvalue weighted by atomic mass is 19.4. The number of hydrogen-bond donors (Lipinski definition) is 1. The van der Waals surface area contributed by atoms with Crippen molar-refractivity contribution in [2.75, 3.05) is 5.01 Å². The minimum absolute atomic E-state index is 0.282. The molecule has 4 nitrogen and oxygen atoms in total. The predicted molar refractivity (Wildman–Crippen MR) is 136 cm³/mol. The molecule has 0 amide bonds. The molecule has 1 aliphatic heterocycles. The first-order valence-corrected chi connectivity index (χ1v) is 11.9. The molecule has 3 aromatic carbocycles. The number of halogens is 4. The molecule has 0 aromatic heterocycles. The molecule has 1 atom stereocenters. The van der Waals surface area contributed by atoms with E-state index in [9.17, 15) is 27.5 Å². The van der Waals surface area contributed by atoms with Gasteiger partial charge < -0.3 is 5.11 Å². The topological polar surface area (TPSA) is 52.9 Å². The Kier molecular flexibility index (Phi) is 6.88. The van der Waals surface area contributed by atoms with E-state index in [0.29, 0.717) is 17.7 Å². The van der Waals surface area contributed by atoms with Gasteiger partial charge in [-0.25, -0.2) is 4.39 Å². The molecule has 3 aromatic rings. The number of aryl methyl sites for hydroxylation is 2. The molecule has 8 heteroatoms. The molecule has 0 aliphatic carbocycles. The summed E-state index contributed by atoms with van der Waals surface area (Å²) >= 11 is 0. The molecule has 0 fully saturated rings. The molecule has 0 saturated carbocycles. The van der Waals surface area contributed by atoms with Crippen molar-refractivity contribution in [2.24, 2.45) is 10.5 Å². The lowest BCUT2D eigenvalue weighted by molar-refractivity contribution is -0.137. The summed E-state index contributed by atoms with van der Waals surface area (Å²) in [5, 5.41) is 14.3. The maximum absolute atomic E-state index is 14.3. The number of benzene rings is 3. The fourth-order valence-corrected chi connectivity index (χ4v) is 4.85. The lowest BCUT2D eigenvalue weighted by Crippen LogP contribution is -2.45. The Bertz CT molecular complexity index is 1360. The minimum atomic E-state index is -4.67. The van der Waals surface area contributed by atoms with Crippen LogP contribution in [0.5, 0.6) is 0 Å². The Balaban J connectivity index is 1.58. The van der Waals surface area contributed by atoms with Gasteiger partial charge in [0.15, 0.2) is 0 Å². The van der Waals surface area contributed by atoms with Crippen LogP contribution in [-0.2, 0) is 11.2 Å². The largest absolute Gasteiger partial charge is 0.481 e. The van der Waals surface area contributed by atoms with Crippen LogP contribution in [0.4, 0.5) is 23.2 Å². The number of hydrazone groups is 1. The van der Waals surface area contributed by atoms with E-state index in [2.05, 4.69) is 5.10 Å². The summed E-state index contributed by atoms with van der Waals surface area (Å²) in [7, 11) is 0. The molecule has 1 N–H and O–H groups in total. The minimum Gasteiger partial charge on any atom is -0.481 e. The van der Waals surface area contributed by atoms with Crippen LogP contribution in [0.1, 0.15) is 42.5 Å². The zero-order valence-corrected chi connectivity index (χ0v) is 21.0. The van der Waals surface area contributed by atoms with Crippen molar-refractivity contribution in [1.29, 1.82) is 0 Å². The van der Waals surface area contributed by atoms with Gasteiger partial charge in [-0.15, -0.1) is 0 Å². The van der Waals surface area contributed by atoms with Gasteiger partial charge in [0.25, 0.3) is 0 Å². The zero-order valence-electron chi connectivity index (χ0n) is 21.0. The molecule has 1 unspecified atom stereocenters. The molecule has 0 saturated heterocycles. The maximum atomic E-state index is 14.3. The first-order valence-electron chi connectivity index (χ1n) is 11.9. The van der Waals surface area contributed by atoms with Crippen LogP contribution in [0.15, 0.2) is 65.8 Å². The SMILES string of the molecule is Cc1ccc(F)c(-c2ccc(Cc3ccc(N4N=C(C(F)(F)F)C(C)(C)C4CC(=O)O)cc3)c(C)c2)c1. The molecule has 0 bridgehead atoms. The first kappa shape index (κ1) is 26.4. The average Bonchev–Trinajstić information content (AvgIpc) is 3.07. The van der Waals surface area contributed by atoms with Crippen molar-refractivity contribution >= 4 is 17.4 Å². The molecule has 1 heterocycles. The normalized spacial score (nSPS) is 17.1. The van der Waals surface area contributed by atoms with Gasteiger partial charge >= 0.3 is 12.1 Å². The van der Waals surface area contributed by atoms with E-state index in [0.717, 1.165) is 27.8 Å². The van der Waals surface area contributed by atoms with E-state index in [1.165, 1.54) is 24.9 Å². The zero-order chi connectivity index (χ0) is 27.1. The van der Waals surface area contributed by atoms with Crippen molar-refractivity contribution in [3.05, 3.63) is 88.7 Å². The number of anilines is 1. The van der Waals surface area contributed by atoms with E-state index in [1.54, 1.807) is 30.3 Å². The summed E-state index contributed by atoms with van der Waals surface area (Å²) in [5.74, 6) is -1.47. The quantitative estimate of drug-likeness (QED) is 0.353. The van der Waals surface area contributed by atoms with E-state index in [4.69, 9.17) is 0 Å². The fourth-order valence-electron chi connectivity index (χ4n) is 4.85. The molecule has 37 heavy (non-hydrogen) atoms. The average molecular weight is 513 g/mol. The maximum Gasteiger partial charge on any atom is 0.431 e. The van der Waals surface area contributed by atoms with Gasteiger partial charge in [-0.2, -0.15) is 18.3 Å². The smallest absolute Gasteiger partial charge is 0.431 e. The fraction of sp³-hybridized carbons (Fsp3) is 0.310. The number of nitrogens with zero attached hydrogens (tertiary/aromatic N) is 2. The highest BCUT2D eigenvalue weighted by Crippen LogP contribution is 2.44. The van der Waals surface area contributed by atoms with Gasteiger partial charge in [-0.1, -0.05) is 55.8 Å². The summed E-state index contributed by atoms with van der Waals surface area (Å²) in [5.41, 5.74) is 3.16. The van der Waals surface area contributed by atoms with Crippen molar-refractivity contribution in [3.63, 3.8) is 0 Å². The third-order valence-corrected chi connectivity index (χ3v) is 6.95. The number of aliphatic carboxylic acids is 1. The monoisotopic (exact) mass is 512 g/mol. The summed E-state index contributed by atoms with van der Waals surface area (Å²) < 4.78 is 55.3. The second kappa shape index (κ2) is 9.65. The van der Waals surface area contributed by atoms with E-state index in [1.807, 2.05) is 38.1 Å². The van der Waals surface area contributed by atoms with Gasteiger partial charge in [0, 0.05) is 11.0 Å². The number of hydrogen-bond acceptors (Lipinski definition) is 3. The highest BCUT2D eigenvalue weighted by Gasteiger charge is 2.55. The van der Waals surface area contributed by atoms with E-state index < -0.39 is 35.7 Å². The summed E-state index contributed by atoms with van der Waals surface area (Å²) in [6.45, 7) is 6.61. The molecular weight excluding hydrogens is 484 g/mol. The number of carbonyl (C=O) groups is 1. The van der Waals surface area contributed by atoms with Crippen LogP contribution in [0.2, 0.25) is 0 Å². The van der Waals surface area contributed by atoms with Crippen molar-refractivity contribution in [3.8, 4) is 11.1 Å². The van der Waals surface area contributed by atoms with Crippen LogP contribution in [0.25, 0.3) is 11.1 Å². The highest BCUT2D eigenvalue weighted by molar-refractivity contribution is 5.98. The lowest BCUT2D eigenvalue weighted by Gasteiger charge is -2.32. The van der Waals surface area contributed by atoms with Crippen LogP contribution in [0, 0.1) is 25.1 Å². The third kappa shape index (κ3) is 5.38. The van der Waals surface area contributed by atoms with Crippen LogP contribution < -0.4 is 5.01 Å². The Morgan fingerprint density at radius 3 is 2.30 bits per heavy atom. The van der Waals surface area contributed by atoms with Crippen LogP contribution >= 0.6 is 0 Å². The van der Waals surface area contributed by atoms with Crippen molar-refractivity contribution in [1.82, 2.24) is 0 Å². The van der Waals surface area contributed by atoms with Crippen LogP contribution in [-0.4, -0.2) is 29.0 Å². The Labute approximate surface area is 213 Å². The third-order valence-electron chi connectivity index (χ3n) is 6.95. The first-order chi connectivity index (χ1) is 17.3. The molecule has 1 aliphatic rings. The van der Waals surface area contributed by atoms with Gasteiger partial charge in [0.1, 0.15) is 11.5 Å². The molecule has 194 valence electrons. The second-order valence-corrected chi connectivity index (χ2v) is 10.1. The molecule has 0 spiro atoms.